The van der Waals surface area contributed by atoms with Crippen LogP contribution in [0.3, 0.4) is 0 Å². The summed E-state index contributed by atoms with van der Waals surface area (Å²) >= 11 is 3.65. The summed E-state index contributed by atoms with van der Waals surface area (Å²) in [4.78, 5) is 29.8. The molecule has 2 aliphatic heterocycles. The van der Waals surface area contributed by atoms with Crippen LogP contribution >= 0.6 is 33.9 Å². The van der Waals surface area contributed by atoms with Gasteiger partial charge in [-0.15, -0.1) is 11.3 Å². The first-order valence-corrected chi connectivity index (χ1v) is 17.0. The number of phenols is 1. The lowest BCUT2D eigenvalue weighted by atomic mass is 9.58. The largest absolute Gasteiger partial charge is 0.504 e. The second-order valence-electron chi connectivity index (χ2n) is 11.6. The Morgan fingerprint density at radius 2 is 1.95 bits per heavy atom. The van der Waals surface area contributed by atoms with Crippen molar-refractivity contribution in [2.75, 3.05) is 7.11 Å². The Hall–Kier alpha value is -2.93. The normalized spacial score (nSPS) is 23.7. The minimum absolute atomic E-state index is 0.0933. The van der Waals surface area contributed by atoms with E-state index in [2.05, 4.69) is 47.7 Å². The molecular formula is C34H35BINO6S. The zero-order valence-corrected chi connectivity index (χ0v) is 27.7. The third kappa shape index (κ3) is 6.01. The summed E-state index contributed by atoms with van der Waals surface area (Å²) in [5.74, 6) is -0.771. The minimum Gasteiger partial charge on any atom is -0.504 e. The number of thiophene rings is 1. The monoisotopic (exact) mass is 723 g/mol. The fourth-order valence-electron chi connectivity index (χ4n) is 7.15. The van der Waals surface area contributed by atoms with E-state index in [9.17, 15) is 19.7 Å². The van der Waals surface area contributed by atoms with Crippen molar-refractivity contribution in [2.45, 2.75) is 51.6 Å². The second-order valence-corrected chi connectivity index (χ2v) is 13.8. The molecule has 2 aromatic carbocycles. The number of likely N-dealkylation sites (tertiary alicyclic amines) is 1. The Morgan fingerprint density at radius 1 is 1.16 bits per heavy atom. The van der Waals surface area contributed by atoms with Crippen molar-refractivity contribution in [3.8, 4) is 11.5 Å². The molecule has 7 nitrogen and oxygen atoms in total. The summed E-state index contributed by atoms with van der Waals surface area (Å²) in [6, 6.07) is 17.8. The molecule has 228 valence electrons. The lowest BCUT2D eigenvalue weighted by molar-refractivity contribution is -0.140. The first-order valence-electron chi connectivity index (χ1n) is 15.0. The molecule has 0 unspecified atom stereocenters. The minimum atomic E-state index is -1.01. The van der Waals surface area contributed by atoms with Gasteiger partial charge in [0.05, 0.1) is 35.2 Å². The molecular weight excluding hydrogens is 688 g/mol. The van der Waals surface area contributed by atoms with Crippen LogP contribution in [0.25, 0.3) is 11.6 Å². The number of halogens is 1. The number of amides is 2. The summed E-state index contributed by atoms with van der Waals surface area (Å²) in [5, 5.41) is 23.3. The Kier molecular flexibility index (Phi) is 9.32. The van der Waals surface area contributed by atoms with Gasteiger partial charge in [-0.2, -0.15) is 0 Å². The van der Waals surface area contributed by atoms with Crippen LogP contribution in [0, 0.1) is 21.3 Å². The zero-order valence-electron chi connectivity index (χ0n) is 24.7. The highest BCUT2D eigenvalue weighted by molar-refractivity contribution is 14.1. The van der Waals surface area contributed by atoms with Crippen molar-refractivity contribution in [3.63, 3.8) is 0 Å². The van der Waals surface area contributed by atoms with Gasteiger partial charge < -0.3 is 19.5 Å². The third-order valence-corrected chi connectivity index (χ3v) is 10.8. The van der Waals surface area contributed by atoms with Crippen LogP contribution < -0.4 is 4.74 Å². The van der Waals surface area contributed by atoms with Gasteiger partial charge in [-0.05, 0) is 106 Å². The molecule has 3 heterocycles. The van der Waals surface area contributed by atoms with Crippen molar-refractivity contribution < 1.29 is 29.1 Å². The first-order chi connectivity index (χ1) is 21.3. The molecule has 0 spiro atoms. The van der Waals surface area contributed by atoms with Crippen molar-refractivity contribution >= 4 is 64.5 Å². The molecule has 10 heteroatoms. The predicted octanol–water partition coefficient (Wildman–Crippen LogP) is 6.79. The van der Waals surface area contributed by atoms with Crippen LogP contribution in [0.5, 0.6) is 11.5 Å². The molecule has 0 saturated carbocycles. The smallest absolute Gasteiger partial charge is 0.455 e. The molecule has 2 fully saturated rings. The predicted molar refractivity (Wildman–Crippen MR) is 181 cm³/mol. The Balaban J connectivity index is 1.30. The lowest BCUT2D eigenvalue weighted by Crippen LogP contribution is -2.46. The van der Waals surface area contributed by atoms with Gasteiger partial charge in [-0.25, -0.2) is 0 Å². The van der Waals surface area contributed by atoms with Crippen LogP contribution in [-0.2, 0) is 20.8 Å². The van der Waals surface area contributed by atoms with E-state index in [1.165, 1.54) is 17.6 Å². The molecule has 6 rings (SSSR count). The van der Waals surface area contributed by atoms with E-state index in [1.54, 1.807) is 11.3 Å². The van der Waals surface area contributed by atoms with Gasteiger partial charge in [0.1, 0.15) is 0 Å². The number of ether oxygens (including phenoxy) is 1. The summed E-state index contributed by atoms with van der Waals surface area (Å²) < 4.78 is 12.3. The molecule has 1 aliphatic carbocycles. The van der Waals surface area contributed by atoms with Gasteiger partial charge >= 0.3 is 7.12 Å². The SMILES string of the molecule is CCC1=C2[C@@H](CC/C(=C/c3cc(I)c(O)c(OC)c3)c3ccccc3)OB(O)C[C@@H]2[C@@H]2C(=O)N(Cc3cccs3)C(=O)[C@@H]2C1. The average Bonchev–Trinajstić information content (AvgIpc) is 3.63. The first kappa shape index (κ1) is 31.1. The molecule has 4 atom stereocenters. The summed E-state index contributed by atoms with van der Waals surface area (Å²) in [6.07, 6.45) is 4.64. The number of phenolic OH excluding ortho intramolecular Hbond substituents is 1. The number of benzene rings is 2. The molecule has 2 amide bonds. The van der Waals surface area contributed by atoms with Crippen LogP contribution in [0.1, 0.15) is 48.6 Å². The van der Waals surface area contributed by atoms with E-state index in [1.807, 2.05) is 47.8 Å². The van der Waals surface area contributed by atoms with Crippen LogP contribution in [0.4, 0.5) is 0 Å². The van der Waals surface area contributed by atoms with Crippen LogP contribution in [-0.4, -0.2) is 47.2 Å². The maximum Gasteiger partial charge on any atom is 0.455 e. The van der Waals surface area contributed by atoms with Gasteiger partial charge in [0.2, 0.25) is 11.8 Å². The van der Waals surface area contributed by atoms with E-state index < -0.39 is 13.0 Å². The topological polar surface area (TPSA) is 96.3 Å². The molecule has 2 N–H and O–H groups in total. The maximum absolute atomic E-state index is 13.8. The van der Waals surface area contributed by atoms with Gasteiger partial charge in [0, 0.05) is 4.88 Å². The van der Waals surface area contributed by atoms with E-state index in [0.717, 1.165) is 33.6 Å². The molecule has 3 aromatic rings. The number of allylic oxidation sites excluding steroid dienone is 2. The fourth-order valence-corrected chi connectivity index (χ4v) is 8.47. The van der Waals surface area contributed by atoms with E-state index in [4.69, 9.17) is 9.39 Å². The fraction of sp³-hybridized carbons (Fsp3) is 0.353. The van der Waals surface area contributed by atoms with E-state index in [0.29, 0.717) is 41.4 Å². The van der Waals surface area contributed by atoms with Crippen molar-refractivity contribution in [1.82, 2.24) is 4.90 Å². The number of imide groups is 1. The Morgan fingerprint density at radius 3 is 2.66 bits per heavy atom. The van der Waals surface area contributed by atoms with Gasteiger partial charge in [0.25, 0.3) is 0 Å². The zero-order chi connectivity index (χ0) is 31.0. The molecule has 3 aliphatic rings. The van der Waals surface area contributed by atoms with Gasteiger partial charge in [-0.3, -0.25) is 14.5 Å². The average molecular weight is 723 g/mol. The van der Waals surface area contributed by atoms with E-state index >= 15 is 0 Å². The molecule has 2 saturated heterocycles. The van der Waals surface area contributed by atoms with Crippen LogP contribution in [0.15, 0.2) is 71.1 Å². The van der Waals surface area contributed by atoms with Gasteiger partial charge in [0.15, 0.2) is 11.5 Å². The third-order valence-electron chi connectivity index (χ3n) is 9.15. The Bertz CT molecular complexity index is 1610. The number of methoxy groups -OCH3 is 1. The second kappa shape index (κ2) is 13.2. The summed E-state index contributed by atoms with van der Waals surface area (Å²) in [7, 11) is 0.531. The van der Waals surface area contributed by atoms with Crippen molar-refractivity contribution in [1.29, 1.82) is 0 Å². The van der Waals surface area contributed by atoms with Crippen molar-refractivity contribution in [3.05, 3.63) is 90.7 Å². The standard InChI is InChI=1S/C34H35BINO6S/c1-3-21-17-25-31(34(40)37(33(25)39)19-24-10-7-13-44-24)26-18-35(41)43-28(30(21)26)12-11-23(22-8-5-4-6-9-22)14-20-15-27(36)32(38)29(16-20)42-2/h4-10,13-16,25-26,28,31,38,41H,3,11-12,17-19H2,1-2H3/b23-14-/t25-,26+,28-,31-/m1/s1. The number of rotatable bonds is 9. The molecule has 1 aromatic heterocycles. The maximum atomic E-state index is 13.8. The Labute approximate surface area is 275 Å². The number of carbonyl (C=O) groups is 2. The number of hydrogen-bond acceptors (Lipinski definition) is 7. The van der Waals surface area contributed by atoms with E-state index in [-0.39, 0.29) is 35.5 Å². The highest BCUT2D eigenvalue weighted by atomic mass is 127. The molecule has 0 bridgehead atoms. The van der Waals surface area contributed by atoms with Gasteiger partial charge in [-0.1, -0.05) is 55.0 Å². The van der Waals surface area contributed by atoms with Crippen LogP contribution in [0.2, 0.25) is 6.32 Å². The summed E-state index contributed by atoms with van der Waals surface area (Å²) in [5.41, 5.74) is 5.33. The number of carbonyl (C=O) groups excluding carboxylic acids is 2. The number of aromatic hydroxyl groups is 1. The summed E-state index contributed by atoms with van der Waals surface area (Å²) in [6.45, 7) is 2.40. The molecule has 0 radical (unpaired) electrons. The number of hydrogen-bond donors (Lipinski definition) is 2. The highest BCUT2D eigenvalue weighted by Gasteiger charge is 2.57. The molecule has 44 heavy (non-hydrogen) atoms. The highest BCUT2D eigenvalue weighted by Crippen LogP contribution is 2.51. The number of nitrogens with zero attached hydrogens (tertiary/aromatic N) is 1. The lowest BCUT2D eigenvalue weighted by Gasteiger charge is -2.43. The number of fused-ring (bicyclic) bond motifs is 3. The van der Waals surface area contributed by atoms with Crippen molar-refractivity contribution in [2.24, 2.45) is 17.8 Å². The quantitative estimate of drug-likeness (QED) is 0.0830.